The van der Waals surface area contributed by atoms with Gasteiger partial charge in [0.2, 0.25) is 0 Å². The lowest BCUT2D eigenvalue weighted by atomic mass is 10.1. The zero-order chi connectivity index (χ0) is 19.4. The molecule has 0 atom stereocenters. The van der Waals surface area contributed by atoms with E-state index in [2.05, 4.69) is 62.8 Å². The van der Waals surface area contributed by atoms with E-state index >= 15 is 0 Å². The van der Waals surface area contributed by atoms with Gasteiger partial charge < -0.3 is 4.74 Å². The minimum absolute atomic E-state index is 0.256. The summed E-state index contributed by atoms with van der Waals surface area (Å²) in [6.45, 7) is 4.48. The van der Waals surface area contributed by atoms with Gasteiger partial charge in [0.05, 0.1) is 14.6 Å². The van der Waals surface area contributed by atoms with Crippen LogP contribution in [0.5, 0.6) is 5.75 Å². The molecule has 3 aromatic carbocycles. The fourth-order valence-corrected chi connectivity index (χ4v) is 4.07. The summed E-state index contributed by atoms with van der Waals surface area (Å²) in [6, 6.07) is 16.4. The Labute approximate surface area is 175 Å². The number of rotatable bonds is 5. The summed E-state index contributed by atoms with van der Waals surface area (Å²) in [7, 11) is 0. The summed E-state index contributed by atoms with van der Waals surface area (Å²) in [5, 5.41) is 0. The van der Waals surface area contributed by atoms with Gasteiger partial charge in [-0.05, 0) is 92.7 Å². The van der Waals surface area contributed by atoms with E-state index in [0.717, 1.165) is 31.3 Å². The van der Waals surface area contributed by atoms with Crippen LogP contribution in [-0.4, -0.2) is 6.21 Å². The van der Waals surface area contributed by atoms with Crippen molar-refractivity contribution in [1.82, 2.24) is 0 Å². The van der Waals surface area contributed by atoms with Gasteiger partial charge in [0.15, 0.2) is 0 Å². The van der Waals surface area contributed by atoms with Crippen LogP contribution in [0, 0.1) is 19.7 Å². The molecule has 0 aliphatic rings. The molecular weight excluding hydrogens is 473 g/mol. The van der Waals surface area contributed by atoms with E-state index in [4.69, 9.17) is 4.74 Å². The van der Waals surface area contributed by atoms with Gasteiger partial charge in [-0.15, -0.1) is 0 Å². The van der Waals surface area contributed by atoms with Gasteiger partial charge in [-0.2, -0.15) is 0 Å². The minimum Gasteiger partial charge on any atom is -0.487 e. The van der Waals surface area contributed by atoms with E-state index in [-0.39, 0.29) is 5.82 Å². The molecule has 0 saturated carbocycles. The minimum atomic E-state index is -0.256. The molecule has 27 heavy (non-hydrogen) atoms. The monoisotopic (exact) mass is 489 g/mol. The molecule has 0 aromatic heterocycles. The lowest BCUT2D eigenvalue weighted by Crippen LogP contribution is -1.98. The standard InChI is InChI=1S/C22H18Br2FNO/c1-14-3-8-21(15(2)9-14)26-12-17-10-19(23)22(20(24)11-17)27-13-16-4-6-18(25)7-5-16/h3-12H,13H2,1-2H3. The van der Waals surface area contributed by atoms with Crippen molar-refractivity contribution in [2.45, 2.75) is 20.5 Å². The van der Waals surface area contributed by atoms with E-state index in [1.165, 1.54) is 17.7 Å². The average molecular weight is 491 g/mol. The number of halogens is 3. The number of ether oxygens (including phenoxy) is 1. The van der Waals surface area contributed by atoms with E-state index in [1.807, 2.05) is 24.4 Å². The molecule has 2 nitrogen and oxygen atoms in total. The summed E-state index contributed by atoms with van der Waals surface area (Å²) in [6.07, 6.45) is 1.83. The Morgan fingerprint density at radius 3 is 2.26 bits per heavy atom. The molecule has 0 saturated heterocycles. The number of benzene rings is 3. The van der Waals surface area contributed by atoms with Crippen LogP contribution in [0.4, 0.5) is 10.1 Å². The molecule has 0 heterocycles. The highest BCUT2D eigenvalue weighted by molar-refractivity contribution is 9.11. The van der Waals surface area contributed by atoms with Crippen molar-refractivity contribution in [2.75, 3.05) is 0 Å². The van der Waals surface area contributed by atoms with Gasteiger partial charge in [-0.3, -0.25) is 4.99 Å². The number of hydrogen-bond acceptors (Lipinski definition) is 2. The molecule has 0 unspecified atom stereocenters. The summed E-state index contributed by atoms with van der Waals surface area (Å²) in [4.78, 5) is 4.59. The quantitative estimate of drug-likeness (QED) is 0.344. The fraction of sp³-hybridized carbons (Fsp3) is 0.136. The van der Waals surface area contributed by atoms with Crippen molar-refractivity contribution in [2.24, 2.45) is 4.99 Å². The summed E-state index contributed by atoms with van der Waals surface area (Å²) in [5.74, 6) is 0.441. The number of aryl methyl sites for hydroxylation is 2. The first-order valence-electron chi connectivity index (χ1n) is 8.40. The largest absolute Gasteiger partial charge is 0.487 e. The first-order chi connectivity index (χ1) is 12.9. The van der Waals surface area contributed by atoms with Crippen LogP contribution in [0.3, 0.4) is 0 Å². The van der Waals surface area contributed by atoms with Crippen LogP contribution < -0.4 is 4.74 Å². The lowest BCUT2D eigenvalue weighted by Gasteiger charge is -2.11. The predicted molar refractivity (Wildman–Crippen MR) is 116 cm³/mol. The normalized spacial score (nSPS) is 11.1. The summed E-state index contributed by atoms with van der Waals surface area (Å²) < 4.78 is 20.5. The van der Waals surface area contributed by atoms with E-state index in [9.17, 15) is 4.39 Å². The first kappa shape index (κ1) is 19.8. The van der Waals surface area contributed by atoms with Crippen LogP contribution in [0.25, 0.3) is 0 Å². The highest BCUT2D eigenvalue weighted by Crippen LogP contribution is 2.35. The molecule has 0 N–H and O–H groups in total. The number of aliphatic imine (C=N–C) groups is 1. The average Bonchev–Trinajstić information content (AvgIpc) is 2.62. The second-order valence-electron chi connectivity index (χ2n) is 6.28. The molecular formula is C22H18Br2FNO. The zero-order valence-electron chi connectivity index (χ0n) is 15.0. The Bertz CT molecular complexity index is 961. The van der Waals surface area contributed by atoms with Crippen molar-refractivity contribution >= 4 is 43.8 Å². The maximum absolute atomic E-state index is 13.0. The third-order valence-electron chi connectivity index (χ3n) is 4.02. The van der Waals surface area contributed by atoms with E-state index in [1.54, 1.807) is 12.1 Å². The Hall–Kier alpha value is -1.98. The molecule has 0 aliphatic heterocycles. The smallest absolute Gasteiger partial charge is 0.148 e. The van der Waals surface area contributed by atoms with Gasteiger partial charge >= 0.3 is 0 Å². The third-order valence-corrected chi connectivity index (χ3v) is 5.20. The highest BCUT2D eigenvalue weighted by atomic mass is 79.9. The van der Waals surface area contributed by atoms with Crippen molar-refractivity contribution in [1.29, 1.82) is 0 Å². The summed E-state index contributed by atoms with van der Waals surface area (Å²) >= 11 is 7.11. The fourth-order valence-electron chi connectivity index (χ4n) is 2.62. The van der Waals surface area contributed by atoms with Crippen LogP contribution in [0.2, 0.25) is 0 Å². The molecule has 0 bridgehead atoms. The van der Waals surface area contributed by atoms with Crippen molar-refractivity contribution in [3.63, 3.8) is 0 Å². The van der Waals surface area contributed by atoms with Crippen molar-refractivity contribution < 1.29 is 9.13 Å². The molecule has 0 fully saturated rings. The van der Waals surface area contributed by atoms with Crippen molar-refractivity contribution in [3.8, 4) is 5.75 Å². The van der Waals surface area contributed by atoms with Gasteiger partial charge in [0, 0.05) is 6.21 Å². The Kier molecular flexibility index (Phi) is 6.45. The number of nitrogens with zero attached hydrogens (tertiary/aromatic N) is 1. The predicted octanol–water partition coefficient (Wildman–Crippen LogP) is 7.30. The maximum Gasteiger partial charge on any atom is 0.148 e. The molecule has 0 radical (unpaired) electrons. The van der Waals surface area contributed by atoms with Crippen LogP contribution >= 0.6 is 31.9 Å². The van der Waals surface area contributed by atoms with Crippen LogP contribution in [0.15, 0.2) is 68.5 Å². The molecule has 3 rings (SSSR count). The molecule has 3 aromatic rings. The molecule has 0 spiro atoms. The first-order valence-corrected chi connectivity index (χ1v) is 9.98. The topological polar surface area (TPSA) is 21.6 Å². The van der Waals surface area contributed by atoms with Gasteiger partial charge in [0.1, 0.15) is 18.2 Å². The Morgan fingerprint density at radius 1 is 0.963 bits per heavy atom. The van der Waals surface area contributed by atoms with Crippen molar-refractivity contribution in [3.05, 3.63) is 91.6 Å². The number of hydrogen-bond donors (Lipinski definition) is 0. The van der Waals surface area contributed by atoms with Gasteiger partial charge in [0.25, 0.3) is 0 Å². The summed E-state index contributed by atoms with van der Waals surface area (Å²) in [5.41, 5.74) is 5.16. The Balaban J connectivity index is 1.75. The van der Waals surface area contributed by atoms with E-state index < -0.39 is 0 Å². The second kappa shape index (κ2) is 8.81. The van der Waals surface area contributed by atoms with E-state index in [0.29, 0.717) is 12.4 Å². The van der Waals surface area contributed by atoms with Crippen LogP contribution in [0.1, 0.15) is 22.3 Å². The zero-order valence-corrected chi connectivity index (χ0v) is 18.1. The molecule has 138 valence electrons. The Morgan fingerprint density at radius 2 is 1.63 bits per heavy atom. The van der Waals surface area contributed by atoms with Gasteiger partial charge in [-0.25, -0.2) is 4.39 Å². The molecule has 0 aliphatic carbocycles. The molecule has 0 amide bonds. The second-order valence-corrected chi connectivity index (χ2v) is 7.99. The molecule has 5 heteroatoms. The maximum atomic E-state index is 13.0. The highest BCUT2D eigenvalue weighted by Gasteiger charge is 2.09. The van der Waals surface area contributed by atoms with Gasteiger partial charge in [-0.1, -0.05) is 29.8 Å². The van der Waals surface area contributed by atoms with Crippen LogP contribution in [-0.2, 0) is 6.61 Å². The lowest BCUT2D eigenvalue weighted by molar-refractivity contribution is 0.302. The SMILES string of the molecule is Cc1ccc(N=Cc2cc(Br)c(OCc3ccc(F)cc3)c(Br)c2)c(C)c1. The third kappa shape index (κ3) is 5.27.